The third kappa shape index (κ3) is 3.80. The monoisotopic (exact) mass is 309 g/mol. The van der Waals surface area contributed by atoms with E-state index in [9.17, 15) is 0 Å². The van der Waals surface area contributed by atoms with Gasteiger partial charge >= 0.3 is 0 Å². The first kappa shape index (κ1) is 14.9. The van der Waals surface area contributed by atoms with Crippen LogP contribution in [0.25, 0.3) is 0 Å². The van der Waals surface area contributed by atoms with Crippen molar-refractivity contribution < 1.29 is 0 Å². The van der Waals surface area contributed by atoms with Crippen LogP contribution in [0.15, 0.2) is 41.6 Å². The van der Waals surface area contributed by atoms with E-state index in [-0.39, 0.29) is 0 Å². The van der Waals surface area contributed by atoms with Crippen LogP contribution >= 0.6 is 11.8 Å². The molecule has 3 rings (SSSR count). The zero-order chi connectivity index (χ0) is 15.2. The predicted molar refractivity (Wildman–Crippen MR) is 92.3 cm³/mol. The molecular formula is C18H19N3S. The van der Waals surface area contributed by atoms with E-state index in [4.69, 9.17) is 0 Å². The number of anilines is 1. The van der Waals surface area contributed by atoms with Gasteiger partial charge in [0.05, 0.1) is 5.56 Å². The summed E-state index contributed by atoms with van der Waals surface area (Å²) in [6.45, 7) is 2.12. The normalized spacial score (nSPS) is 14.3. The van der Waals surface area contributed by atoms with Gasteiger partial charge < -0.3 is 4.90 Å². The minimum atomic E-state index is 0.828. The van der Waals surface area contributed by atoms with Crippen LogP contribution in [-0.4, -0.2) is 29.3 Å². The van der Waals surface area contributed by atoms with Crippen molar-refractivity contribution in [1.29, 1.82) is 0 Å². The summed E-state index contributed by atoms with van der Waals surface area (Å²) in [7, 11) is 0. The predicted octanol–water partition coefficient (Wildman–Crippen LogP) is 3.59. The Morgan fingerprint density at radius 3 is 2.45 bits per heavy atom. The summed E-state index contributed by atoms with van der Waals surface area (Å²) in [5, 5.41) is 0. The van der Waals surface area contributed by atoms with Crippen LogP contribution in [0.4, 0.5) is 5.95 Å². The Morgan fingerprint density at radius 1 is 1.00 bits per heavy atom. The lowest BCUT2D eigenvalue weighted by atomic mass is 10.1. The summed E-state index contributed by atoms with van der Waals surface area (Å²) < 4.78 is 0. The second-order valence-electron chi connectivity index (χ2n) is 5.30. The Morgan fingerprint density at radius 2 is 1.73 bits per heavy atom. The van der Waals surface area contributed by atoms with Crippen LogP contribution in [-0.2, 0) is 0 Å². The molecule has 0 N–H and O–H groups in total. The lowest BCUT2D eigenvalue weighted by Crippen LogP contribution is -2.30. The van der Waals surface area contributed by atoms with E-state index < -0.39 is 0 Å². The molecule has 2 aromatic rings. The third-order valence-corrected chi connectivity index (χ3v) is 4.42. The Balaban J connectivity index is 1.72. The van der Waals surface area contributed by atoms with Gasteiger partial charge in [0.1, 0.15) is 0 Å². The van der Waals surface area contributed by atoms with Crippen molar-refractivity contribution in [2.75, 3.05) is 24.2 Å². The summed E-state index contributed by atoms with van der Waals surface area (Å²) in [5.41, 5.74) is 1.88. The fourth-order valence-electron chi connectivity index (χ4n) is 2.49. The summed E-state index contributed by atoms with van der Waals surface area (Å²) in [4.78, 5) is 12.4. The molecule has 0 atom stereocenters. The molecule has 4 heteroatoms. The van der Waals surface area contributed by atoms with Gasteiger partial charge in [0, 0.05) is 35.9 Å². The van der Waals surface area contributed by atoms with Gasteiger partial charge in [0.25, 0.3) is 0 Å². The zero-order valence-corrected chi connectivity index (χ0v) is 13.6. The summed E-state index contributed by atoms with van der Waals surface area (Å²) in [5.74, 6) is 7.15. The second-order valence-corrected chi connectivity index (χ2v) is 6.18. The Kier molecular flexibility index (Phi) is 4.97. The van der Waals surface area contributed by atoms with E-state index in [1.165, 1.54) is 24.2 Å². The highest BCUT2D eigenvalue weighted by Gasteiger charge is 2.12. The lowest BCUT2D eigenvalue weighted by Gasteiger charge is -2.26. The van der Waals surface area contributed by atoms with Crippen molar-refractivity contribution in [1.82, 2.24) is 9.97 Å². The van der Waals surface area contributed by atoms with E-state index in [1.807, 2.05) is 24.5 Å². The molecule has 0 radical (unpaired) electrons. The van der Waals surface area contributed by atoms with Crippen LogP contribution in [0.1, 0.15) is 30.4 Å². The van der Waals surface area contributed by atoms with Gasteiger partial charge in [-0.1, -0.05) is 17.9 Å². The number of hydrogen-bond acceptors (Lipinski definition) is 4. The lowest BCUT2D eigenvalue weighted by molar-refractivity contribution is 0.568. The molecule has 1 fully saturated rings. The van der Waals surface area contributed by atoms with E-state index >= 15 is 0 Å². The van der Waals surface area contributed by atoms with Gasteiger partial charge in [-0.3, -0.25) is 0 Å². The second kappa shape index (κ2) is 7.33. The molecule has 112 valence electrons. The summed E-state index contributed by atoms with van der Waals surface area (Å²) in [6.07, 6.45) is 9.49. The number of piperidine rings is 1. The van der Waals surface area contributed by atoms with Crippen LogP contribution in [0, 0.1) is 11.8 Å². The molecule has 0 aliphatic carbocycles. The molecule has 1 aliphatic rings. The number of thioether (sulfide) groups is 1. The van der Waals surface area contributed by atoms with Crippen molar-refractivity contribution in [3.05, 3.63) is 47.8 Å². The van der Waals surface area contributed by atoms with Crippen molar-refractivity contribution in [3.63, 3.8) is 0 Å². The maximum absolute atomic E-state index is 4.46. The van der Waals surface area contributed by atoms with Crippen molar-refractivity contribution in [2.24, 2.45) is 0 Å². The van der Waals surface area contributed by atoms with Gasteiger partial charge in [-0.2, -0.15) is 0 Å². The highest BCUT2D eigenvalue weighted by atomic mass is 32.2. The highest BCUT2D eigenvalue weighted by molar-refractivity contribution is 7.98. The van der Waals surface area contributed by atoms with Gasteiger partial charge in [-0.05, 0) is 43.7 Å². The molecule has 22 heavy (non-hydrogen) atoms. The number of rotatable bonds is 2. The highest BCUT2D eigenvalue weighted by Crippen LogP contribution is 2.16. The molecule has 1 aromatic heterocycles. The number of nitrogens with zero attached hydrogens (tertiary/aromatic N) is 3. The van der Waals surface area contributed by atoms with Crippen LogP contribution in [0.3, 0.4) is 0 Å². The minimum absolute atomic E-state index is 0.828. The molecule has 0 saturated carbocycles. The standard InChI is InChI=1S/C18H19N3S/c1-22-17-7-5-6-15(12-17)8-9-16-13-19-18(20-14-16)21-10-3-2-4-11-21/h5-7,12-14H,2-4,10-11H2,1H3. The number of aromatic nitrogens is 2. The molecule has 2 heterocycles. The van der Waals surface area contributed by atoms with E-state index in [0.717, 1.165) is 30.2 Å². The molecule has 0 unspecified atom stereocenters. The average molecular weight is 309 g/mol. The van der Waals surface area contributed by atoms with Gasteiger partial charge in [0.2, 0.25) is 5.95 Å². The Labute approximate surface area is 136 Å². The molecule has 0 bridgehead atoms. The maximum atomic E-state index is 4.46. The quantitative estimate of drug-likeness (QED) is 0.626. The average Bonchev–Trinajstić information content (AvgIpc) is 2.61. The molecule has 1 saturated heterocycles. The fraction of sp³-hybridized carbons (Fsp3) is 0.333. The van der Waals surface area contributed by atoms with Crippen LogP contribution in [0.5, 0.6) is 0 Å². The topological polar surface area (TPSA) is 29.0 Å². The SMILES string of the molecule is CSc1cccc(C#Cc2cnc(N3CCCCC3)nc2)c1. The van der Waals surface area contributed by atoms with Gasteiger partial charge in [-0.25, -0.2) is 9.97 Å². The number of benzene rings is 1. The molecule has 0 spiro atoms. The minimum Gasteiger partial charge on any atom is -0.341 e. The maximum Gasteiger partial charge on any atom is 0.225 e. The van der Waals surface area contributed by atoms with Crippen LogP contribution < -0.4 is 4.90 Å². The first-order valence-corrected chi connectivity index (χ1v) is 8.81. The Bertz CT molecular complexity index is 679. The summed E-state index contributed by atoms with van der Waals surface area (Å²) in [6, 6.07) is 8.24. The first-order chi connectivity index (χ1) is 10.8. The fourth-order valence-corrected chi connectivity index (χ4v) is 2.95. The van der Waals surface area contributed by atoms with E-state index in [0.29, 0.717) is 0 Å². The molecular weight excluding hydrogens is 290 g/mol. The molecule has 0 amide bonds. The number of hydrogen-bond donors (Lipinski definition) is 0. The third-order valence-electron chi connectivity index (χ3n) is 3.70. The first-order valence-electron chi connectivity index (χ1n) is 7.58. The Hall–Kier alpha value is -1.99. The van der Waals surface area contributed by atoms with Gasteiger partial charge in [-0.15, -0.1) is 11.8 Å². The van der Waals surface area contributed by atoms with E-state index in [2.05, 4.69) is 45.1 Å². The molecule has 1 aliphatic heterocycles. The van der Waals surface area contributed by atoms with Crippen LogP contribution in [0.2, 0.25) is 0 Å². The zero-order valence-electron chi connectivity index (χ0n) is 12.7. The van der Waals surface area contributed by atoms with Crippen molar-refractivity contribution in [2.45, 2.75) is 24.2 Å². The summed E-state index contributed by atoms with van der Waals surface area (Å²) >= 11 is 1.72. The smallest absolute Gasteiger partial charge is 0.225 e. The van der Waals surface area contributed by atoms with Gasteiger partial charge in [0.15, 0.2) is 0 Å². The van der Waals surface area contributed by atoms with Crippen molar-refractivity contribution in [3.8, 4) is 11.8 Å². The van der Waals surface area contributed by atoms with E-state index in [1.54, 1.807) is 11.8 Å². The largest absolute Gasteiger partial charge is 0.341 e. The molecule has 3 nitrogen and oxygen atoms in total. The molecule has 1 aromatic carbocycles. The van der Waals surface area contributed by atoms with Crippen molar-refractivity contribution >= 4 is 17.7 Å².